The van der Waals surface area contributed by atoms with Crippen molar-refractivity contribution in [3.05, 3.63) is 69.9 Å². The number of fused-ring (bicyclic) bond motifs is 1. The molecule has 2 heterocycles. The number of aromatic amines is 1. The summed E-state index contributed by atoms with van der Waals surface area (Å²) < 4.78 is 0. The van der Waals surface area contributed by atoms with E-state index in [9.17, 15) is 15.2 Å². The number of para-hydroxylation sites is 2. The number of hydrogen-bond donors (Lipinski definition) is 2. The van der Waals surface area contributed by atoms with Crippen LogP contribution in [0.25, 0.3) is 10.9 Å². The van der Waals surface area contributed by atoms with Gasteiger partial charge in [-0.1, -0.05) is 30.3 Å². The smallest absolute Gasteiger partial charge is 0.311 e. The Kier molecular flexibility index (Phi) is 3.89. The lowest BCUT2D eigenvalue weighted by molar-refractivity contribution is -0.386. The highest BCUT2D eigenvalue weighted by Crippen LogP contribution is 2.42. The fraction of sp³-hybridized carbons (Fsp3) is 0.263. The summed E-state index contributed by atoms with van der Waals surface area (Å²) in [7, 11) is 0. The number of H-pyrrole nitrogens is 1. The summed E-state index contributed by atoms with van der Waals surface area (Å²) >= 11 is 0. The van der Waals surface area contributed by atoms with Crippen molar-refractivity contribution in [1.29, 1.82) is 0 Å². The van der Waals surface area contributed by atoms with Crippen LogP contribution >= 0.6 is 0 Å². The Labute approximate surface area is 144 Å². The summed E-state index contributed by atoms with van der Waals surface area (Å²) in [6.07, 6.45) is 4.13. The first kappa shape index (κ1) is 15.7. The van der Waals surface area contributed by atoms with Gasteiger partial charge in [0.2, 0.25) is 0 Å². The van der Waals surface area contributed by atoms with Gasteiger partial charge in [-0.05, 0) is 37.6 Å². The first-order chi connectivity index (χ1) is 12.2. The number of nitro benzene ring substituents is 1. The fourth-order valence-corrected chi connectivity index (χ4v) is 3.80. The van der Waals surface area contributed by atoms with E-state index in [0.717, 1.165) is 42.4 Å². The number of nitrogens with one attached hydrogen (secondary N) is 1. The van der Waals surface area contributed by atoms with Crippen molar-refractivity contribution in [2.75, 3.05) is 13.1 Å². The zero-order valence-corrected chi connectivity index (χ0v) is 13.7. The van der Waals surface area contributed by atoms with Crippen LogP contribution in [-0.4, -0.2) is 33.0 Å². The van der Waals surface area contributed by atoms with Crippen LogP contribution in [0.3, 0.4) is 0 Å². The van der Waals surface area contributed by atoms with Crippen molar-refractivity contribution in [3.63, 3.8) is 0 Å². The standard InChI is InChI=1S/C19H19N3O3/c23-19-14(7-5-9-17(19)22(24)25)18(21-10-3-4-11-21)15-12-20-16-8-2-1-6-13(15)16/h1-2,5-9,12,18,20,23H,3-4,10-11H2. The molecule has 25 heavy (non-hydrogen) atoms. The number of aromatic hydroxyl groups is 1. The van der Waals surface area contributed by atoms with E-state index in [1.165, 1.54) is 6.07 Å². The maximum atomic E-state index is 11.2. The molecule has 0 aliphatic carbocycles. The third-order valence-corrected chi connectivity index (χ3v) is 4.96. The lowest BCUT2D eigenvalue weighted by atomic mass is 9.95. The SMILES string of the molecule is O=[N+]([O-])c1cccc(C(c2c[nH]c3ccccc23)N2CCCC2)c1O. The van der Waals surface area contributed by atoms with Gasteiger partial charge in [0.05, 0.1) is 11.0 Å². The number of hydrogen-bond acceptors (Lipinski definition) is 4. The van der Waals surface area contributed by atoms with Gasteiger partial charge in [-0.25, -0.2) is 0 Å². The molecule has 0 radical (unpaired) electrons. The van der Waals surface area contributed by atoms with Crippen molar-refractivity contribution < 1.29 is 10.0 Å². The summed E-state index contributed by atoms with van der Waals surface area (Å²) in [6.45, 7) is 1.82. The van der Waals surface area contributed by atoms with Crippen LogP contribution in [0.15, 0.2) is 48.7 Å². The van der Waals surface area contributed by atoms with Gasteiger partial charge < -0.3 is 10.1 Å². The molecule has 0 amide bonds. The molecular weight excluding hydrogens is 318 g/mol. The molecular formula is C19H19N3O3. The minimum absolute atomic E-state index is 0.210. The Morgan fingerprint density at radius 2 is 1.84 bits per heavy atom. The second-order valence-corrected chi connectivity index (χ2v) is 6.41. The molecule has 1 aromatic heterocycles. The molecule has 128 valence electrons. The zero-order chi connectivity index (χ0) is 17.4. The Bertz CT molecular complexity index is 929. The maximum Gasteiger partial charge on any atom is 0.311 e. The molecule has 1 aliphatic rings. The first-order valence-electron chi connectivity index (χ1n) is 8.43. The molecule has 0 spiro atoms. The van der Waals surface area contributed by atoms with Gasteiger partial charge in [0, 0.05) is 28.7 Å². The Morgan fingerprint density at radius 1 is 1.08 bits per heavy atom. The first-order valence-corrected chi connectivity index (χ1v) is 8.43. The van der Waals surface area contributed by atoms with E-state index in [1.54, 1.807) is 12.1 Å². The van der Waals surface area contributed by atoms with Gasteiger partial charge >= 0.3 is 5.69 Å². The molecule has 1 saturated heterocycles. The van der Waals surface area contributed by atoms with Crippen molar-refractivity contribution in [1.82, 2.24) is 9.88 Å². The summed E-state index contributed by atoms with van der Waals surface area (Å²) in [4.78, 5) is 16.3. The van der Waals surface area contributed by atoms with Crippen LogP contribution in [0, 0.1) is 10.1 Å². The molecule has 2 N–H and O–H groups in total. The highest BCUT2D eigenvalue weighted by Gasteiger charge is 2.31. The molecule has 1 aliphatic heterocycles. The molecule has 6 nitrogen and oxygen atoms in total. The van der Waals surface area contributed by atoms with Crippen LogP contribution in [-0.2, 0) is 0 Å². The number of nitrogens with zero attached hydrogens (tertiary/aromatic N) is 2. The maximum absolute atomic E-state index is 11.2. The number of phenols is 1. The van der Waals surface area contributed by atoms with Crippen molar-refractivity contribution in [2.24, 2.45) is 0 Å². The van der Waals surface area contributed by atoms with Gasteiger partial charge in [-0.2, -0.15) is 0 Å². The second-order valence-electron chi connectivity index (χ2n) is 6.41. The summed E-state index contributed by atoms with van der Waals surface area (Å²) in [5.41, 5.74) is 2.39. The molecule has 1 atom stereocenters. The van der Waals surface area contributed by atoms with E-state index in [2.05, 4.69) is 9.88 Å². The normalized spacial score (nSPS) is 16.3. The van der Waals surface area contributed by atoms with Crippen LogP contribution in [0.5, 0.6) is 5.75 Å². The van der Waals surface area contributed by atoms with Crippen LogP contribution in [0.4, 0.5) is 5.69 Å². The lowest BCUT2D eigenvalue weighted by Crippen LogP contribution is -2.26. The predicted octanol–water partition coefficient (Wildman–Crippen LogP) is 3.97. The molecule has 6 heteroatoms. The molecule has 0 saturated carbocycles. The molecule has 3 aromatic rings. The lowest BCUT2D eigenvalue weighted by Gasteiger charge is -2.28. The van der Waals surface area contributed by atoms with Gasteiger partial charge in [-0.15, -0.1) is 0 Å². The van der Waals surface area contributed by atoms with E-state index >= 15 is 0 Å². The Balaban J connectivity index is 1.91. The quantitative estimate of drug-likeness (QED) is 0.557. The van der Waals surface area contributed by atoms with Gasteiger partial charge in [0.15, 0.2) is 5.75 Å². The van der Waals surface area contributed by atoms with Gasteiger partial charge in [0.1, 0.15) is 0 Å². The average Bonchev–Trinajstić information content (AvgIpc) is 3.27. The number of likely N-dealkylation sites (tertiary alicyclic amines) is 1. The molecule has 4 rings (SSSR count). The third-order valence-electron chi connectivity index (χ3n) is 4.96. The topological polar surface area (TPSA) is 82.4 Å². The average molecular weight is 337 g/mol. The van der Waals surface area contributed by atoms with E-state index in [-0.39, 0.29) is 17.5 Å². The second kappa shape index (κ2) is 6.22. The van der Waals surface area contributed by atoms with E-state index in [0.29, 0.717) is 5.56 Å². The molecule has 0 bridgehead atoms. The minimum Gasteiger partial charge on any atom is -0.502 e. The van der Waals surface area contributed by atoms with E-state index in [1.807, 2.05) is 30.5 Å². The number of aromatic nitrogens is 1. The summed E-state index contributed by atoms with van der Waals surface area (Å²) in [5, 5.41) is 22.9. The zero-order valence-electron chi connectivity index (χ0n) is 13.7. The number of benzene rings is 2. The number of phenolic OH excluding ortho intramolecular Hbond substituents is 1. The minimum atomic E-state index is -0.533. The van der Waals surface area contributed by atoms with Crippen molar-refractivity contribution >= 4 is 16.6 Å². The fourth-order valence-electron chi connectivity index (χ4n) is 3.80. The van der Waals surface area contributed by atoms with E-state index in [4.69, 9.17) is 0 Å². The van der Waals surface area contributed by atoms with E-state index < -0.39 is 4.92 Å². The number of nitro groups is 1. The highest BCUT2D eigenvalue weighted by atomic mass is 16.6. The van der Waals surface area contributed by atoms with Gasteiger partial charge in [0.25, 0.3) is 0 Å². The van der Waals surface area contributed by atoms with Crippen LogP contribution in [0.1, 0.15) is 30.0 Å². The van der Waals surface area contributed by atoms with Crippen molar-refractivity contribution in [2.45, 2.75) is 18.9 Å². The summed E-state index contributed by atoms with van der Waals surface area (Å²) in [5.74, 6) is -0.241. The highest BCUT2D eigenvalue weighted by molar-refractivity contribution is 5.84. The largest absolute Gasteiger partial charge is 0.502 e. The molecule has 1 fully saturated rings. The summed E-state index contributed by atoms with van der Waals surface area (Å²) in [6, 6.07) is 12.6. The van der Waals surface area contributed by atoms with Crippen LogP contribution < -0.4 is 0 Å². The van der Waals surface area contributed by atoms with Gasteiger partial charge in [-0.3, -0.25) is 15.0 Å². The number of rotatable bonds is 4. The van der Waals surface area contributed by atoms with Crippen LogP contribution in [0.2, 0.25) is 0 Å². The monoisotopic (exact) mass is 337 g/mol. The Hall–Kier alpha value is -2.86. The third kappa shape index (κ3) is 2.64. The predicted molar refractivity (Wildman–Crippen MR) is 95.7 cm³/mol. The Morgan fingerprint density at radius 3 is 2.60 bits per heavy atom. The molecule has 1 unspecified atom stereocenters. The van der Waals surface area contributed by atoms with Crippen molar-refractivity contribution in [3.8, 4) is 5.75 Å². The molecule has 2 aromatic carbocycles.